The van der Waals surface area contributed by atoms with E-state index in [-0.39, 0.29) is 12.2 Å². The number of benzene rings is 1. The third-order valence-corrected chi connectivity index (χ3v) is 3.78. The molecule has 1 aliphatic heterocycles. The van der Waals surface area contributed by atoms with Crippen LogP contribution in [0, 0.1) is 0 Å². The van der Waals surface area contributed by atoms with Crippen LogP contribution in [-0.2, 0) is 11.3 Å². The van der Waals surface area contributed by atoms with Gasteiger partial charge in [-0.1, -0.05) is 35.3 Å². The van der Waals surface area contributed by atoms with Gasteiger partial charge in [0.1, 0.15) is 0 Å². The molecule has 2 nitrogen and oxygen atoms in total. The molecule has 0 aromatic heterocycles. The van der Waals surface area contributed by atoms with E-state index in [2.05, 4.69) is 18.7 Å². The van der Waals surface area contributed by atoms with E-state index < -0.39 is 0 Å². The monoisotopic (exact) mass is 273 g/mol. The van der Waals surface area contributed by atoms with Crippen LogP contribution in [0.2, 0.25) is 10.0 Å². The fourth-order valence-electron chi connectivity index (χ4n) is 2.32. The molecule has 0 saturated carbocycles. The summed E-state index contributed by atoms with van der Waals surface area (Å²) in [6.07, 6.45) is 0.549. The zero-order valence-electron chi connectivity index (χ0n) is 10.1. The topological polar surface area (TPSA) is 12.5 Å². The molecule has 0 unspecified atom stereocenters. The summed E-state index contributed by atoms with van der Waals surface area (Å²) in [6, 6.07) is 5.79. The molecule has 2 atom stereocenters. The van der Waals surface area contributed by atoms with Gasteiger partial charge in [0, 0.05) is 19.6 Å². The van der Waals surface area contributed by atoms with E-state index in [9.17, 15) is 0 Å². The highest BCUT2D eigenvalue weighted by atomic mass is 35.5. The maximum Gasteiger partial charge on any atom is 0.0678 e. The molecule has 0 radical (unpaired) electrons. The van der Waals surface area contributed by atoms with Gasteiger partial charge in [0.2, 0.25) is 0 Å². The minimum atomic E-state index is 0.275. The maximum absolute atomic E-state index is 6.20. The SMILES string of the molecule is C[C@@H]1CN(Cc2cccc(Cl)c2Cl)C[C@H](C)O1. The highest BCUT2D eigenvalue weighted by Crippen LogP contribution is 2.27. The Balaban J connectivity index is 2.07. The molecule has 0 N–H and O–H groups in total. The lowest BCUT2D eigenvalue weighted by Gasteiger charge is -2.35. The molecular weight excluding hydrogens is 257 g/mol. The summed E-state index contributed by atoms with van der Waals surface area (Å²) in [5, 5.41) is 1.29. The van der Waals surface area contributed by atoms with Gasteiger partial charge in [-0.25, -0.2) is 0 Å². The molecule has 17 heavy (non-hydrogen) atoms. The third kappa shape index (κ3) is 3.35. The Kier molecular flexibility index (Phi) is 4.31. The number of morpholine rings is 1. The zero-order chi connectivity index (χ0) is 12.4. The Labute approximate surface area is 112 Å². The van der Waals surface area contributed by atoms with Crippen LogP contribution < -0.4 is 0 Å². The Bertz CT molecular complexity index is 387. The van der Waals surface area contributed by atoms with Crippen molar-refractivity contribution in [2.24, 2.45) is 0 Å². The number of halogens is 2. The van der Waals surface area contributed by atoms with E-state index >= 15 is 0 Å². The van der Waals surface area contributed by atoms with Gasteiger partial charge < -0.3 is 4.74 Å². The molecule has 94 valence electrons. The van der Waals surface area contributed by atoms with Crippen molar-refractivity contribution in [3.8, 4) is 0 Å². The van der Waals surface area contributed by atoms with Crippen LogP contribution in [0.4, 0.5) is 0 Å². The van der Waals surface area contributed by atoms with Crippen LogP contribution in [0.5, 0.6) is 0 Å². The van der Waals surface area contributed by atoms with E-state index in [0.717, 1.165) is 25.2 Å². The number of nitrogens with zero attached hydrogens (tertiary/aromatic N) is 1. The molecule has 0 bridgehead atoms. The second-order valence-corrected chi connectivity index (χ2v) is 5.45. The molecule has 1 saturated heterocycles. The maximum atomic E-state index is 6.20. The molecule has 4 heteroatoms. The van der Waals surface area contributed by atoms with Gasteiger partial charge in [-0.2, -0.15) is 0 Å². The van der Waals surface area contributed by atoms with Crippen molar-refractivity contribution in [1.29, 1.82) is 0 Å². The Hall–Kier alpha value is -0.280. The van der Waals surface area contributed by atoms with Crippen LogP contribution >= 0.6 is 23.2 Å². The fourth-order valence-corrected chi connectivity index (χ4v) is 2.70. The van der Waals surface area contributed by atoms with Gasteiger partial charge >= 0.3 is 0 Å². The van der Waals surface area contributed by atoms with Crippen LogP contribution in [0.15, 0.2) is 18.2 Å². The van der Waals surface area contributed by atoms with Gasteiger partial charge in [-0.15, -0.1) is 0 Å². The molecule has 0 spiro atoms. The third-order valence-electron chi connectivity index (χ3n) is 2.92. The lowest BCUT2D eigenvalue weighted by Crippen LogP contribution is -2.44. The molecular formula is C13H17Cl2NO. The first kappa shape index (κ1) is 13.2. The van der Waals surface area contributed by atoms with Crippen LogP contribution in [-0.4, -0.2) is 30.2 Å². The summed E-state index contributed by atoms with van der Waals surface area (Å²) in [5.41, 5.74) is 1.08. The van der Waals surface area contributed by atoms with E-state index in [1.807, 2.05) is 18.2 Å². The molecule has 0 amide bonds. The van der Waals surface area contributed by atoms with E-state index in [4.69, 9.17) is 27.9 Å². The predicted octanol–water partition coefficient (Wildman–Crippen LogP) is 3.60. The predicted molar refractivity (Wildman–Crippen MR) is 71.7 cm³/mol. The number of hydrogen-bond donors (Lipinski definition) is 0. The molecule has 1 aliphatic rings. The molecule has 1 fully saturated rings. The Morgan fingerprint density at radius 3 is 2.53 bits per heavy atom. The number of ether oxygens (including phenoxy) is 1. The number of hydrogen-bond acceptors (Lipinski definition) is 2. The first-order valence-electron chi connectivity index (χ1n) is 5.87. The van der Waals surface area contributed by atoms with E-state index in [0.29, 0.717) is 10.0 Å². The quantitative estimate of drug-likeness (QED) is 0.817. The molecule has 1 aromatic rings. The molecule has 1 heterocycles. The summed E-state index contributed by atoms with van der Waals surface area (Å²) >= 11 is 12.2. The van der Waals surface area contributed by atoms with Gasteiger partial charge in [-0.05, 0) is 25.5 Å². The highest BCUT2D eigenvalue weighted by molar-refractivity contribution is 6.42. The number of rotatable bonds is 2. The molecule has 1 aromatic carbocycles. The van der Waals surface area contributed by atoms with Crippen molar-refractivity contribution in [2.75, 3.05) is 13.1 Å². The van der Waals surface area contributed by atoms with E-state index in [1.54, 1.807) is 0 Å². The lowest BCUT2D eigenvalue weighted by molar-refractivity contribution is -0.0704. The Morgan fingerprint density at radius 1 is 1.24 bits per heavy atom. The minimum Gasteiger partial charge on any atom is -0.373 e. The summed E-state index contributed by atoms with van der Waals surface area (Å²) < 4.78 is 5.71. The van der Waals surface area contributed by atoms with Crippen molar-refractivity contribution in [3.63, 3.8) is 0 Å². The normalized spacial score (nSPS) is 26.1. The van der Waals surface area contributed by atoms with Gasteiger partial charge in [0.25, 0.3) is 0 Å². The smallest absolute Gasteiger partial charge is 0.0678 e. The van der Waals surface area contributed by atoms with Crippen molar-refractivity contribution >= 4 is 23.2 Å². The van der Waals surface area contributed by atoms with Crippen molar-refractivity contribution in [1.82, 2.24) is 4.90 Å². The van der Waals surface area contributed by atoms with Crippen LogP contribution in [0.3, 0.4) is 0 Å². The van der Waals surface area contributed by atoms with E-state index in [1.165, 1.54) is 0 Å². The standard InChI is InChI=1S/C13H17Cl2NO/c1-9-6-16(7-10(2)17-9)8-11-4-3-5-12(14)13(11)15/h3-5,9-10H,6-8H2,1-2H3/t9-,10+. The van der Waals surface area contributed by atoms with Crippen LogP contribution in [0.1, 0.15) is 19.4 Å². The zero-order valence-corrected chi connectivity index (χ0v) is 11.6. The van der Waals surface area contributed by atoms with Gasteiger partial charge in [0.15, 0.2) is 0 Å². The summed E-state index contributed by atoms with van der Waals surface area (Å²) in [4.78, 5) is 2.36. The van der Waals surface area contributed by atoms with Crippen molar-refractivity contribution < 1.29 is 4.74 Å². The average molecular weight is 274 g/mol. The average Bonchev–Trinajstić information content (AvgIpc) is 2.23. The lowest BCUT2D eigenvalue weighted by atomic mass is 10.1. The largest absolute Gasteiger partial charge is 0.373 e. The van der Waals surface area contributed by atoms with Gasteiger partial charge in [-0.3, -0.25) is 4.90 Å². The van der Waals surface area contributed by atoms with Gasteiger partial charge in [0.05, 0.1) is 22.3 Å². The highest BCUT2D eigenvalue weighted by Gasteiger charge is 2.22. The Morgan fingerprint density at radius 2 is 1.88 bits per heavy atom. The second-order valence-electron chi connectivity index (χ2n) is 4.66. The van der Waals surface area contributed by atoms with Crippen LogP contribution in [0.25, 0.3) is 0 Å². The first-order valence-corrected chi connectivity index (χ1v) is 6.62. The summed E-state index contributed by atoms with van der Waals surface area (Å²) in [6.45, 7) is 6.91. The second kappa shape index (κ2) is 5.57. The summed E-state index contributed by atoms with van der Waals surface area (Å²) in [7, 11) is 0. The minimum absolute atomic E-state index is 0.275. The fraction of sp³-hybridized carbons (Fsp3) is 0.538. The first-order chi connectivity index (χ1) is 8.06. The van der Waals surface area contributed by atoms with Crippen molar-refractivity contribution in [2.45, 2.75) is 32.6 Å². The molecule has 0 aliphatic carbocycles. The molecule has 2 rings (SSSR count). The van der Waals surface area contributed by atoms with Crippen molar-refractivity contribution in [3.05, 3.63) is 33.8 Å². The summed E-state index contributed by atoms with van der Waals surface area (Å²) in [5.74, 6) is 0.